The predicted octanol–water partition coefficient (Wildman–Crippen LogP) is 1.68. The van der Waals surface area contributed by atoms with E-state index < -0.39 is 0 Å². The van der Waals surface area contributed by atoms with Crippen LogP contribution in [0.4, 0.5) is 0 Å². The molecule has 0 amide bonds. The molecule has 3 nitrogen and oxygen atoms in total. The minimum absolute atomic E-state index is 0.127. The molecule has 1 saturated heterocycles. The second kappa shape index (κ2) is 3.08. The molecular weight excluding hydrogens is 230 g/mol. The van der Waals surface area contributed by atoms with Gasteiger partial charge in [-0.3, -0.25) is 0 Å². The normalized spacial score (nSPS) is 19.2. The molecule has 1 aliphatic heterocycles. The molecule has 0 unspecified atom stereocenters. The van der Waals surface area contributed by atoms with Crippen LogP contribution in [0.1, 0.15) is 1.37 Å². The van der Waals surface area contributed by atoms with Crippen molar-refractivity contribution >= 4 is 27.3 Å². The summed E-state index contributed by atoms with van der Waals surface area (Å²) in [5.74, 6) is 0. The third-order valence-electron chi connectivity index (χ3n) is 1.29. The van der Waals surface area contributed by atoms with Crippen molar-refractivity contribution in [2.24, 2.45) is 0 Å². The van der Waals surface area contributed by atoms with Crippen LogP contribution in [-0.4, -0.2) is 24.3 Å². The van der Waals surface area contributed by atoms with Crippen LogP contribution in [0, 0.1) is 0 Å². The number of ether oxygens (including phenoxy) is 2. The number of hydrogen-bond acceptors (Lipinski definition) is 4. The molecule has 60 valence electrons. The Labute approximate surface area is 77.9 Å². The average molecular weight is 237 g/mol. The van der Waals surface area contributed by atoms with Gasteiger partial charge < -0.3 is 9.47 Å². The molecule has 0 bridgehead atoms. The van der Waals surface area contributed by atoms with Gasteiger partial charge in [0.15, 0.2) is 0 Å². The van der Waals surface area contributed by atoms with E-state index in [1.54, 1.807) is 0 Å². The van der Waals surface area contributed by atoms with Crippen LogP contribution in [0.15, 0.2) is 9.96 Å². The fourth-order valence-electron chi connectivity index (χ4n) is 0.687. The second-order valence-corrected chi connectivity index (χ2v) is 4.42. The van der Waals surface area contributed by atoms with E-state index in [0.717, 1.165) is 0 Å². The van der Waals surface area contributed by atoms with E-state index in [0.29, 0.717) is 22.2 Å². The Balaban J connectivity index is 2.02. The maximum atomic E-state index is 7.30. The molecule has 0 aromatic carbocycles. The van der Waals surface area contributed by atoms with Crippen molar-refractivity contribution in [1.82, 2.24) is 4.98 Å². The Bertz CT molecular complexity index is 270. The largest absolute Gasteiger partial charge is 0.462 e. The zero-order valence-corrected chi connectivity index (χ0v) is 7.94. The number of rotatable bonds is 2. The van der Waals surface area contributed by atoms with Crippen molar-refractivity contribution < 1.29 is 10.8 Å². The molecule has 0 saturated carbocycles. The lowest BCUT2D eigenvalue weighted by Gasteiger charge is -2.24. The number of nitrogens with zero attached hydrogens (tertiary/aromatic N) is 1. The van der Waals surface area contributed by atoms with Crippen molar-refractivity contribution in [1.29, 1.82) is 0 Å². The first-order valence-electron chi connectivity index (χ1n) is 3.63. The SMILES string of the molecule is [2H]c1nc(OC2COC2)sc1Br. The molecule has 1 fully saturated rings. The summed E-state index contributed by atoms with van der Waals surface area (Å²) in [5.41, 5.74) is 0. The lowest BCUT2D eigenvalue weighted by atomic mass is 10.3. The summed E-state index contributed by atoms with van der Waals surface area (Å²) in [6.07, 6.45) is 0.359. The molecule has 1 aromatic heterocycles. The van der Waals surface area contributed by atoms with Gasteiger partial charge in [-0.1, -0.05) is 11.3 Å². The Morgan fingerprint density at radius 1 is 1.91 bits per heavy atom. The number of thiazole rings is 1. The van der Waals surface area contributed by atoms with Crippen LogP contribution in [0.5, 0.6) is 5.19 Å². The molecule has 2 rings (SSSR count). The smallest absolute Gasteiger partial charge is 0.274 e. The maximum Gasteiger partial charge on any atom is 0.274 e. The first-order valence-corrected chi connectivity index (χ1v) is 4.74. The number of hydrogen-bond donors (Lipinski definition) is 0. The van der Waals surface area contributed by atoms with Crippen LogP contribution >= 0.6 is 27.3 Å². The minimum atomic E-state index is 0.127. The zero-order valence-electron chi connectivity index (χ0n) is 6.54. The molecule has 0 radical (unpaired) electrons. The van der Waals surface area contributed by atoms with Gasteiger partial charge in [0.2, 0.25) is 0 Å². The predicted molar refractivity (Wildman–Crippen MR) is 45.0 cm³/mol. The Hall–Kier alpha value is -0.130. The highest BCUT2D eigenvalue weighted by Gasteiger charge is 2.21. The molecule has 0 aliphatic carbocycles. The number of halogens is 1. The molecule has 0 N–H and O–H groups in total. The maximum absolute atomic E-state index is 7.30. The number of aromatic nitrogens is 1. The van der Waals surface area contributed by atoms with Gasteiger partial charge in [0.05, 0.1) is 24.5 Å². The van der Waals surface area contributed by atoms with Crippen molar-refractivity contribution in [2.75, 3.05) is 13.2 Å². The Kier molecular flexibility index (Phi) is 1.79. The molecule has 11 heavy (non-hydrogen) atoms. The van der Waals surface area contributed by atoms with Crippen molar-refractivity contribution in [3.05, 3.63) is 9.96 Å². The monoisotopic (exact) mass is 236 g/mol. The van der Waals surface area contributed by atoms with Crippen molar-refractivity contribution in [3.8, 4) is 5.19 Å². The topological polar surface area (TPSA) is 31.4 Å². The van der Waals surface area contributed by atoms with E-state index in [1.807, 2.05) is 0 Å². The molecule has 0 atom stereocenters. The minimum Gasteiger partial charge on any atom is -0.462 e. The van der Waals surface area contributed by atoms with E-state index >= 15 is 0 Å². The van der Waals surface area contributed by atoms with Crippen LogP contribution in [0.25, 0.3) is 0 Å². The van der Waals surface area contributed by atoms with Crippen molar-refractivity contribution in [3.63, 3.8) is 0 Å². The van der Waals surface area contributed by atoms with Gasteiger partial charge >= 0.3 is 0 Å². The molecule has 1 aliphatic rings. The van der Waals surface area contributed by atoms with Crippen LogP contribution < -0.4 is 4.74 Å². The van der Waals surface area contributed by atoms with Gasteiger partial charge in [-0.15, -0.1) is 0 Å². The third-order valence-corrected chi connectivity index (χ3v) is 2.58. The first kappa shape index (κ1) is 6.39. The highest BCUT2D eigenvalue weighted by Crippen LogP contribution is 2.26. The molecule has 2 heterocycles. The van der Waals surface area contributed by atoms with Gasteiger partial charge in [0.1, 0.15) is 6.10 Å². The average Bonchev–Trinajstić information content (AvgIpc) is 2.24. The fraction of sp³-hybridized carbons (Fsp3) is 0.500. The highest BCUT2D eigenvalue weighted by atomic mass is 79.9. The third kappa shape index (κ3) is 1.72. The van der Waals surface area contributed by atoms with Gasteiger partial charge in [0.25, 0.3) is 5.19 Å². The Morgan fingerprint density at radius 2 is 2.73 bits per heavy atom. The summed E-state index contributed by atoms with van der Waals surface area (Å²) in [7, 11) is 0. The van der Waals surface area contributed by atoms with E-state index in [2.05, 4.69) is 20.9 Å². The van der Waals surface area contributed by atoms with Gasteiger partial charge in [-0.2, -0.15) is 0 Å². The zero-order chi connectivity index (χ0) is 8.55. The summed E-state index contributed by atoms with van der Waals surface area (Å²) < 4.78 is 18.3. The molecule has 0 spiro atoms. The second-order valence-electron chi connectivity index (χ2n) is 2.14. The first-order chi connectivity index (χ1) is 5.75. The van der Waals surface area contributed by atoms with E-state index in [1.165, 1.54) is 11.3 Å². The van der Waals surface area contributed by atoms with Gasteiger partial charge in [0, 0.05) is 0 Å². The quantitative estimate of drug-likeness (QED) is 0.784. The van der Waals surface area contributed by atoms with Crippen molar-refractivity contribution in [2.45, 2.75) is 6.10 Å². The highest BCUT2D eigenvalue weighted by molar-refractivity contribution is 9.11. The lowest BCUT2D eigenvalue weighted by molar-refractivity contribution is -0.0797. The van der Waals surface area contributed by atoms with Gasteiger partial charge in [-0.25, -0.2) is 4.98 Å². The Morgan fingerprint density at radius 3 is 3.18 bits per heavy atom. The van der Waals surface area contributed by atoms with E-state index in [4.69, 9.17) is 10.8 Å². The van der Waals surface area contributed by atoms with E-state index in [-0.39, 0.29) is 12.3 Å². The standard InChI is InChI=1S/C6H6BrNO2S/c7-5-1-8-6(11-5)10-4-2-9-3-4/h1,4H,2-3H2/i1D. The van der Waals surface area contributed by atoms with Gasteiger partial charge in [-0.05, 0) is 15.9 Å². The summed E-state index contributed by atoms with van der Waals surface area (Å²) >= 11 is 4.54. The summed E-state index contributed by atoms with van der Waals surface area (Å²) in [5, 5.41) is 0.542. The molecular formula is C6H6BrNO2S. The molecule has 5 heteroatoms. The summed E-state index contributed by atoms with van der Waals surface area (Å²) in [6.45, 7) is 1.26. The molecule has 1 aromatic rings. The van der Waals surface area contributed by atoms with Crippen LogP contribution in [-0.2, 0) is 4.74 Å². The van der Waals surface area contributed by atoms with Crippen LogP contribution in [0.3, 0.4) is 0 Å². The van der Waals surface area contributed by atoms with E-state index in [9.17, 15) is 0 Å². The van der Waals surface area contributed by atoms with Crippen LogP contribution in [0.2, 0.25) is 0 Å². The summed E-state index contributed by atoms with van der Waals surface area (Å²) in [4.78, 5) is 3.89. The summed E-state index contributed by atoms with van der Waals surface area (Å²) in [6, 6.07) is 0. The lowest BCUT2D eigenvalue weighted by Crippen LogP contribution is -2.38. The fourth-order valence-corrected chi connectivity index (χ4v) is 1.71.